The molecule has 0 radical (unpaired) electrons. The van der Waals surface area contributed by atoms with Crippen molar-refractivity contribution in [2.24, 2.45) is 0 Å². The lowest BCUT2D eigenvalue weighted by molar-refractivity contribution is -0.132. The number of nitrogens with zero attached hydrogens (tertiary/aromatic N) is 2. The van der Waals surface area contributed by atoms with Gasteiger partial charge in [0.2, 0.25) is 5.91 Å². The highest BCUT2D eigenvalue weighted by Crippen LogP contribution is 2.38. The molecule has 0 bridgehead atoms. The lowest BCUT2D eigenvalue weighted by Gasteiger charge is -2.30. The van der Waals surface area contributed by atoms with Gasteiger partial charge < -0.3 is 9.64 Å². The van der Waals surface area contributed by atoms with Crippen LogP contribution in [-0.4, -0.2) is 41.8 Å². The minimum absolute atomic E-state index is 0.129. The molecule has 24 heavy (non-hydrogen) atoms. The van der Waals surface area contributed by atoms with Crippen LogP contribution >= 0.6 is 11.8 Å². The Morgan fingerprint density at radius 3 is 2.92 bits per heavy atom. The van der Waals surface area contributed by atoms with Crippen molar-refractivity contribution >= 4 is 17.7 Å². The minimum Gasteiger partial charge on any atom is -0.383 e. The third kappa shape index (κ3) is 3.97. The zero-order valence-electron chi connectivity index (χ0n) is 13.9. The summed E-state index contributed by atoms with van der Waals surface area (Å²) < 4.78 is 5.20. The quantitative estimate of drug-likeness (QED) is 0.809. The Hall–Kier alpha value is -1.85. The summed E-state index contributed by atoms with van der Waals surface area (Å²) in [7, 11) is 1.66. The van der Waals surface area contributed by atoms with Gasteiger partial charge in [-0.3, -0.25) is 9.78 Å². The number of hydrogen-bond acceptors (Lipinski definition) is 4. The second-order valence-corrected chi connectivity index (χ2v) is 6.99. The number of ether oxygens (including phenoxy) is 1. The van der Waals surface area contributed by atoms with Crippen LogP contribution < -0.4 is 0 Å². The molecule has 126 valence electrons. The van der Waals surface area contributed by atoms with E-state index in [0.29, 0.717) is 19.7 Å². The van der Waals surface area contributed by atoms with E-state index < -0.39 is 0 Å². The molecule has 1 aromatic carbocycles. The number of carbonyl (C=O) groups is 1. The van der Waals surface area contributed by atoms with Crippen LogP contribution in [-0.2, 0) is 22.5 Å². The summed E-state index contributed by atoms with van der Waals surface area (Å²) in [6.45, 7) is 1.62. The number of pyridine rings is 1. The van der Waals surface area contributed by atoms with Crippen molar-refractivity contribution in [3.05, 3.63) is 65.5 Å². The van der Waals surface area contributed by atoms with Gasteiger partial charge in [-0.05, 0) is 35.4 Å². The first-order chi connectivity index (χ1) is 11.8. The molecular formula is C19H22N2O2S. The lowest BCUT2D eigenvalue weighted by Crippen LogP contribution is -2.37. The number of amides is 1. The summed E-state index contributed by atoms with van der Waals surface area (Å²) in [6.07, 6.45) is 2.79. The molecule has 0 aliphatic carbocycles. The maximum absolute atomic E-state index is 13.2. The van der Waals surface area contributed by atoms with Crippen molar-refractivity contribution in [1.82, 2.24) is 9.88 Å². The molecule has 0 saturated heterocycles. The molecule has 2 aromatic rings. The molecule has 1 aliphatic heterocycles. The molecule has 3 rings (SSSR count). The van der Waals surface area contributed by atoms with Gasteiger partial charge in [0, 0.05) is 19.9 Å². The third-order valence-electron chi connectivity index (χ3n) is 4.17. The number of rotatable bonds is 6. The van der Waals surface area contributed by atoms with Gasteiger partial charge in [-0.2, -0.15) is 0 Å². The second-order valence-electron chi connectivity index (χ2n) is 5.77. The zero-order chi connectivity index (χ0) is 16.8. The number of hydrogen-bond donors (Lipinski definition) is 0. The Labute approximate surface area is 147 Å². The van der Waals surface area contributed by atoms with Crippen molar-refractivity contribution in [3.63, 3.8) is 0 Å². The molecular weight excluding hydrogens is 320 g/mol. The Kier molecular flexibility index (Phi) is 5.88. The van der Waals surface area contributed by atoms with Crippen LogP contribution in [0.2, 0.25) is 0 Å². The number of aromatic nitrogens is 1. The molecule has 1 amide bonds. The summed E-state index contributed by atoms with van der Waals surface area (Å²) in [5.41, 5.74) is 3.34. The first-order valence-electron chi connectivity index (χ1n) is 8.16. The van der Waals surface area contributed by atoms with E-state index in [0.717, 1.165) is 23.4 Å². The number of thioether (sulfide) groups is 1. The van der Waals surface area contributed by atoms with Crippen LogP contribution in [0.15, 0.2) is 48.7 Å². The molecule has 1 aromatic heterocycles. The third-order valence-corrected chi connectivity index (χ3v) is 5.40. The van der Waals surface area contributed by atoms with E-state index >= 15 is 0 Å². The summed E-state index contributed by atoms with van der Waals surface area (Å²) in [5.74, 6) is 1.13. The van der Waals surface area contributed by atoms with E-state index in [1.807, 2.05) is 35.2 Å². The van der Waals surface area contributed by atoms with Gasteiger partial charge in [-0.25, -0.2) is 0 Å². The maximum Gasteiger partial charge on any atom is 0.240 e. The van der Waals surface area contributed by atoms with E-state index in [1.165, 1.54) is 5.56 Å². The van der Waals surface area contributed by atoms with Gasteiger partial charge in [0.1, 0.15) is 5.25 Å². The van der Waals surface area contributed by atoms with Gasteiger partial charge in [-0.1, -0.05) is 30.3 Å². The average molecular weight is 342 g/mol. The number of aryl methyl sites for hydroxylation is 1. The topological polar surface area (TPSA) is 42.4 Å². The monoisotopic (exact) mass is 342 g/mol. The fourth-order valence-electron chi connectivity index (χ4n) is 2.92. The van der Waals surface area contributed by atoms with Gasteiger partial charge in [0.15, 0.2) is 0 Å². The molecule has 0 spiro atoms. The summed E-state index contributed by atoms with van der Waals surface area (Å²) in [4.78, 5) is 19.4. The predicted molar refractivity (Wildman–Crippen MR) is 96.9 cm³/mol. The van der Waals surface area contributed by atoms with Crippen LogP contribution in [0.1, 0.15) is 22.1 Å². The normalized spacial score (nSPS) is 16.5. The van der Waals surface area contributed by atoms with Crippen LogP contribution in [0.5, 0.6) is 0 Å². The molecule has 1 atom stereocenters. The van der Waals surface area contributed by atoms with Gasteiger partial charge >= 0.3 is 0 Å². The molecule has 0 unspecified atom stereocenters. The SMILES string of the molecule is COCCN(Cc1ccccn1)C(=O)[C@@H]1SCCc2ccccc21. The van der Waals surface area contributed by atoms with Crippen LogP contribution in [0, 0.1) is 0 Å². The first-order valence-corrected chi connectivity index (χ1v) is 9.21. The van der Waals surface area contributed by atoms with E-state index in [-0.39, 0.29) is 11.2 Å². The highest BCUT2D eigenvalue weighted by atomic mass is 32.2. The summed E-state index contributed by atoms with van der Waals surface area (Å²) in [6, 6.07) is 14.1. The average Bonchev–Trinajstić information content (AvgIpc) is 2.65. The van der Waals surface area contributed by atoms with Crippen molar-refractivity contribution in [1.29, 1.82) is 0 Å². The Balaban J connectivity index is 1.81. The van der Waals surface area contributed by atoms with Crippen molar-refractivity contribution in [2.75, 3.05) is 26.0 Å². The molecule has 2 heterocycles. The summed E-state index contributed by atoms with van der Waals surface area (Å²) >= 11 is 1.73. The lowest BCUT2D eigenvalue weighted by atomic mass is 10.0. The van der Waals surface area contributed by atoms with Crippen LogP contribution in [0.4, 0.5) is 0 Å². The molecule has 1 aliphatic rings. The highest BCUT2D eigenvalue weighted by Gasteiger charge is 2.30. The number of methoxy groups -OCH3 is 1. The Morgan fingerprint density at radius 2 is 2.12 bits per heavy atom. The minimum atomic E-state index is -0.129. The van der Waals surface area contributed by atoms with E-state index in [1.54, 1.807) is 25.1 Å². The molecule has 0 fully saturated rings. The fraction of sp³-hybridized carbons (Fsp3) is 0.368. The Bertz CT molecular complexity index is 678. The number of carbonyl (C=O) groups excluding carboxylic acids is 1. The number of fused-ring (bicyclic) bond motifs is 1. The largest absolute Gasteiger partial charge is 0.383 e. The second kappa shape index (κ2) is 8.31. The Morgan fingerprint density at radius 1 is 1.29 bits per heavy atom. The van der Waals surface area contributed by atoms with Crippen molar-refractivity contribution in [3.8, 4) is 0 Å². The van der Waals surface area contributed by atoms with E-state index in [9.17, 15) is 4.79 Å². The van der Waals surface area contributed by atoms with E-state index in [4.69, 9.17) is 4.74 Å². The molecule has 0 N–H and O–H groups in total. The van der Waals surface area contributed by atoms with Crippen LogP contribution in [0.25, 0.3) is 0 Å². The number of benzene rings is 1. The van der Waals surface area contributed by atoms with E-state index in [2.05, 4.69) is 17.1 Å². The predicted octanol–water partition coefficient (Wildman–Crippen LogP) is 3.09. The molecule has 0 saturated carbocycles. The van der Waals surface area contributed by atoms with Crippen molar-refractivity contribution in [2.45, 2.75) is 18.2 Å². The van der Waals surface area contributed by atoms with Gasteiger partial charge in [-0.15, -0.1) is 11.8 Å². The highest BCUT2D eigenvalue weighted by molar-refractivity contribution is 8.00. The standard InChI is InChI=1S/C19H22N2O2S/c1-23-12-11-21(14-16-7-4-5-10-20-16)19(22)18-17-8-3-2-6-15(17)9-13-24-18/h2-8,10,18H,9,11-14H2,1H3/t18-/m1/s1. The fourth-order valence-corrected chi connectivity index (χ4v) is 4.19. The smallest absolute Gasteiger partial charge is 0.240 e. The zero-order valence-corrected chi connectivity index (χ0v) is 14.7. The van der Waals surface area contributed by atoms with Gasteiger partial charge in [0.25, 0.3) is 0 Å². The van der Waals surface area contributed by atoms with Gasteiger partial charge in [0.05, 0.1) is 18.8 Å². The van der Waals surface area contributed by atoms with Crippen molar-refractivity contribution < 1.29 is 9.53 Å². The molecule has 4 nitrogen and oxygen atoms in total. The van der Waals surface area contributed by atoms with Crippen LogP contribution in [0.3, 0.4) is 0 Å². The summed E-state index contributed by atoms with van der Waals surface area (Å²) in [5, 5.41) is -0.129. The molecule has 5 heteroatoms. The first kappa shape index (κ1) is 17.0. The maximum atomic E-state index is 13.2.